The van der Waals surface area contributed by atoms with Gasteiger partial charge in [-0.25, -0.2) is 0 Å². The maximum atomic E-state index is 12.4. The van der Waals surface area contributed by atoms with E-state index in [-0.39, 0.29) is 5.91 Å². The molecule has 0 aromatic heterocycles. The Morgan fingerprint density at radius 3 is 3.11 bits per heavy atom. The molecule has 0 aliphatic carbocycles. The van der Waals surface area contributed by atoms with Gasteiger partial charge in [0.05, 0.1) is 10.6 Å². The van der Waals surface area contributed by atoms with Gasteiger partial charge in [0.15, 0.2) is 0 Å². The van der Waals surface area contributed by atoms with Gasteiger partial charge in [-0.2, -0.15) is 11.8 Å². The lowest BCUT2D eigenvalue weighted by molar-refractivity contribution is 0.0761. The molecule has 2 rings (SSSR count). The summed E-state index contributed by atoms with van der Waals surface area (Å²) in [6.07, 6.45) is 1.08. The zero-order valence-corrected chi connectivity index (χ0v) is 11.9. The lowest BCUT2D eigenvalue weighted by Crippen LogP contribution is -2.41. The Bertz CT molecular complexity index is 453. The van der Waals surface area contributed by atoms with Crippen LogP contribution in [0.25, 0.3) is 0 Å². The molecule has 3 nitrogen and oxygen atoms in total. The minimum absolute atomic E-state index is 0.00829. The first-order valence-corrected chi connectivity index (χ1v) is 7.50. The van der Waals surface area contributed by atoms with Gasteiger partial charge in [0.25, 0.3) is 5.91 Å². The van der Waals surface area contributed by atoms with Crippen LogP contribution in [0.4, 0.5) is 5.69 Å². The average molecular weight is 285 g/mol. The van der Waals surface area contributed by atoms with E-state index >= 15 is 0 Å². The summed E-state index contributed by atoms with van der Waals surface area (Å²) in [6.45, 7) is 3.73. The van der Waals surface area contributed by atoms with Crippen molar-refractivity contribution in [1.82, 2.24) is 4.90 Å². The molecule has 0 saturated carbocycles. The van der Waals surface area contributed by atoms with E-state index in [2.05, 4.69) is 6.92 Å². The lowest BCUT2D eigenvalue weighted by Gasteiger charge is -2.32. The summed E-state index contributed by atoms with van der Waals surface area (Å²) in [7, 11) is 0. The molecule has 1 fully saturated rings. The van der Waals surface area contributed by atoms with E-state index < -0.39 is 0 Å². The van der Waals surface area contributed by atoms with Crippen LogP contribution in [0.5, 0.6) is 0 Å². The number of nitrogens with two attached hydrogens (primary N) is 1. The molecule has 1 aliphatic rings. The zero-order chi connectivity index (χ0) is 13.1. The Labute approximate surface area is 117 Å². The van der Waals surface area contributed by atoms with Crippen LogP contribution in [0.1, 0.15) is 23.7 Å². The SMILES string of the molecule is CCC1CN(C(=O)c2cc(N)ccc2Cl)CCS1. The second-order valence-corrected chi connectivity index (χ2v) is 6.21. The summed E-state index contributed by atoms with van der Waals surface area (Å²) in [4.78, 5) is 14.3. The van der Waals surface area contributed by atoms with Crippen molar-refractivity contribution in [2.24, 2.45) is 0 Å². The van der Waals surface area contributed by atoms with Gasteiger partial charge in [0, 0.05) is 29.8 Å². The van der Waals surface area contributed by atoms with E-state index in [9.17, 15) is 4.79 Å². The van der Waals surface area contributed by atoms with Gasteiger partial charge in [-0.3, -0.25) is 4.79 Å². The average Bonchev–Trinajstić information content (AvgIpc) is 2.41. The summed E-state index contributed by atoms with van der Waals surface area (Å²) >= 11 is 8.01. The minimum atomic E-state index is -0.00829. The van der Waals surface area contributed by atoms with Gasteiger partial charge in [-0.1, -0.05) is 18.5 Å². The number of nitrogen functional groups attached to an aromatic ring is 1. The largest absolute Gasteiger partial charge is 0.399 e. The molecule has 1 amide bonds. The fourth-order valence-electron chi connectivity index (χ4n) is 2.03. The Hall–Kier alpha value is -0.870. The molecule has 0 spiro atoms. The summed E-state index contributed by atoms with van der Waals surface area (Å²) in [5.74, 6) is 0.982. The molecular weight excluding hydrogens is 268 g/mol. The molecule has 18 heavy (non-hydrogen) atoms. The molecule has 0 radical (unpaired) electrons. The highest BCUT2D eigenvalue weighted by molar-refractivity contribution is 8.00. The third kappa shape index (κ3) is 2.93. The van der Waals surface area contributed by atoms with Crippen molar-refractivity contribution >= 4 is 35.0 Å². The quantitative estimate of drug-likeness (QED) is 0.850. The highest BCUT2D eigenvalue weighted by atomic mass is 35.5. The zero-order valence-electron chi connectivity index (χ0n) is 10.4. The second kappa shape index (κ2) is 5.85. The van der Waals surface area contributed by atoms with E-state index in [1.165, 1.54) is 0 Å². The van der Waals surface area contributed by atoms with Crippen LogP contribution in [0.2, 0.25) is 5.02 Å². The van der Waals surface area contributed by atoms with Gasteiger partial charge in [-0.15, -0.1) is 0 Å². The number of halogens is 1. The van der Waals surface area contributed by atoms with Gasteiger partial charge < -0.3 is 10.6 Å². The Morgan fingerprint density at radius 2 is 2.39 bits per heavy atom. The maximum Gasteiger partial charge on any atom is 0.255 e. The Kier molecular flexibility index (Phi) is 4.40. The number of carbonyl (C=O) groups is 1. The first kappa shape index (κ1) is 13.6. The van der Waals surface area contributed by atoms with Crippen molar-refractivity contribution in [3.8, 4) is 0 Å². The summed E-state index contributed by atoms with van der Waals surface area (Å²) < 4.78 is 0. The Balaban J connectivity index is 2.17. The normalized spacial score (nSPS) is 19.9. The molecule has 1 saturated heterocycles. The third-order valence-electron chi connectivity index (χ3n) is 3.10. The van der Waals surface area contributed by atoms with Crippen molar-refractivity contribution in [2.45, 2.75) is 18.6 Å². The number of benzene rings is 1. The van der Waals surface area contributed by atoms with Gasteiger partial charge >= 0.3 is 0 Å². The molecule has 1 heterocycles. The van der Waals surface area contributed by atoms with Crippen LogP contribution in [0, 0.1) is 0 Å². The highest BCUT2D eigenvalue weighted by Gasteiger charge is 2.25. The fourth-order valence-corrected chi connectivity index (χ4v) is 3.41. The number of amides is 1. The summed E-state index contributed by atoms with van der Waals surface area (Å²) in [5.41, 5.74) is 6.80. The number of hydrogen-bond donors (Lipinski definition) is 1. The minimum Gasteiger partial charge on any atom is -0.399 e. The number of nitrogens with zero attached hydrogens (tertiary/aromatic N) is 1. The molecule has 1 aromatic rings. The van der Waals surface area contributed by atoms with Crippen molar-refractivity contribution in [3.05, 3.63) is 28.8 Å². The predicted molar refractivity (Wildman–Crippen MR) is 78.3 cm³/mol. The molecule has 1 atom stereocenters. The highest BCUT2D eigenvalue weighted by Crippen LogP contribution is 2.25. The molecule has 1 aliphatic heterocycles. The van der Waals surface area contributed by atoms with Crippen molar-refractivity contribution in [2.75, 3.05) is 24.6 Å². The van der Waals surface area contributed by atoms with E-state index in [4.69, 9.17) is 17.3 Å². The molecule has 5 heteroatoms. The number of rotatable bonds is 2. The predicted octanol–water partition coefficient (Wildman–Crippen LogP) is 2.89. The summed E-state index contributed by atoms with van der Waals surface area (Å²) in [6, 6.07) is 5.05. The fraction of sp³-hybridized carbons (Fsp3) is 0.462. The molecule has 2 N–H and O–H groups in total. The molecule has 98 valence electrons. The molecule has 1 aromatic carbocycles. The third-order valence-corrected chi connectivity index (χ3v) is 4.80. The number of anilines is 1. The topological polar surface area (TPSA) is 46.3 Å². The smallest absolute Gasteiger partial charge is 0.255 e. The van der Waals surface area contributed by atoms with Crippen LogP contribution >= 0.6 is 23.4 Å². The van der Waals surface area contributed by atoms with E-state index in [1.54, 1.807) is 18.2 Å². The van der Waals surface area contributed by atoms with Gasteiger partial charge in [0.2, 0.25) is 0 Å². The van der Waals surface area contributed by atoms with Crippen LogP contribution in [0.3, 0.4) is 0 Å². The second-order valence-electron chi connectivity index (χ2n) is 4.39. The first-order valence-electron chi connectivity index (χ1n) is 6.07. The molecule has 0 bridgehead atoms. The summed E-state index contributed by atoms with van der Waals surface area (Å²) in [5, 5.41) is 1.00. The monoisotopic (exact) mass is 284 g/mol. The number of carbonyl (C=O) groups excluding carboxylic acids is 1. The molecular formula is C13H17ClN2OS. The van der Waals surface area contributed by atoms with Crippen molar-refractivity contribution in [3.63, 3.8) is 0 Å². The van der Waals surface area contributed by atoms with Crippen LogP contribution in [-0.4, -0.2) is 34.9 Å². The molecule has 1 unspecified atom stereocenters. The Morgan fingerprint density at radius 1 is 1.61 bits per heavy atom. The van der Waals surface area contributed by atoms with E-state index in [0.29, 0.717) is 21.5 Å². The van der Waals surface area contributed by atoms with Gasteiger partial charge in [-0.05, 0) is 24.6 Å². The maximum absolute atomic E-state index is 12.4. The lowest BCUT2D eigenvalue weighted by atomic mass is 10.1. The first-order chi connectivity index (χ1) is 8.61. The van der Waals surface area contributed by atoms with Crippen LogP contribution in [0.15, 0.2) is 18.2 Å². The standard InChI is InChI=1S/C13H17ClN2OS/c1-2-10-8-16(5-6-18-10)13(17)11-7-9(15)3-4-12(11)14/h3-4,7,10H,2,5-6,8,15H2,1H3. The number of thioether (sulfide) groups is 1. The van der Waals surface area contributed by atoms with Crippen LogP contribution < -0.4 is 5.73 Å². The van der Waals surface area contributed by atoms with Crippen molar-refractivity contribution < 1.29 is 4.79 Å². The van der Waals surface area contributed by atoms with E-state index in [1.807, 2.05) is 16.7 Å². The number of hydrogen-bond acceptors (Lipinski definition) is 3. The van der Waals surface area contributed by atoms with Crippen molar-refractivity contribution in [1.29, 1.82) is 0 Å². The van der Waals surface area contributed by atoms with E-state index in [0.717, 1.165) is 25.3 Å². The van der Waals surface area contributed by atoms with Crippen LogP contribution in [-0.2, 0) is 0 Å². The van der Waals surface area contributed by atoms with Gasteiger partial charge in [0.1, 0.15) is 0 Å².